The van der Waals surface area contributed by atoms with Crippen LogP contribution in [0, 0.1) is 0 Å². The lowest BCUT2D eigenvalue weighted by atomic mass is 10.1. The third-order valence-electron chi connectivity index (χ3n) is 3.04. The molecule has 0 spiro atoms. The van der Waals surface area contributed by atoms with Crippen molar-refractivity contribution in [2.75, 3.05) is 0 Å². The summed E-state index contributed by atoms with van der Waals surface area (Å²) in [4.78, 5) is 2.49. The highest BCUT2D eigenvalue weighted by molar-refractivity contribution is 9.11. The Kier molecular flexibility index (Phi) is 5.47. The molecule has 1 aromatic carbocycles. The average Bonchev–Trinajstić information content (AvgIpc) is 3.12. The molecular weight excluding hydrogens is 440 g/mol. The Morgan fingerprint density at radius 3 is 1.41 bits per heavy atom. The summed E-state index contributed by atoms with van der Waals surface area (Å²) >= 11 is 10.5. The predicted molar refractivity (Wildman–Crippen MR) is 108 cm³/mol. The van der Waals surface area contributed by atoms with Gasteiger partial charge >= 0.3 is 0 Å². The van der Waals surface area contributed by atoms with Gasteiger partial charge in [-0.05, 0) is 79.4 Å². The van der Waals surface area contributed by atoms with Gasteiger partial charge in [0.05, 0.1) is 7.57 Å². The monoisotopic (exact) mass is 450 g/mol. The zero-order chi connectivity index (χ0) is 15.4. The van der Waals surface area contributed by atoms with Crippen LogP contribution in [0.5, 0.6) is 0 Å². The van der Waals surface area contributed by atoms with E-state index in [2.05, 4.69) is 105 Å². The second kappa shape index (κ2) is 7.55. The van der Waals surface area contributed by atoms with E-state index in [4.69, 9.17) is 0 Å². The van der Waals surface area contributed by atoms with E-state index in [0.29, 0.717) is 0 Å². The van der Waals surface area contributed by atoms with Gasteiger partial charge in [-0.25, -0.2) is 0 Å². The zero-order valence-electron chi connectivity index (χ0n) is 11.5. The van der Waals surface area contributed by atoms with E-state index in [9.17, 15) is 0 Å². The average molecular weight is 452 g/mol. The molecule has 2 heterocycles. The molecule has 0 unspecified atom stereocenters. The molecule has 0 radical (unpaired) electrons. The van der Waals surface area contributed by atoms with Crippen molar-refractivity contribution in [3.05, 3.63) is 77.0 Å². The van der Waals surface area contributed by atoms with Crippen molar-refractivity contribution in [1.29, 1.82) is 0 Å². The number of thiophene rings is 2. The summed E-state index contributed by atoms with van der Waals surface area (Å²) in [6, 6.07) is 16.8. The SMILES string of the molecule is Brc1ccc(/C=C/c2ccccc2/C=C/c2ccc(Br)s2)s1. The third kappa shape index (κ3) is 4.29. The summed E-state index contributed by atoms with van der Waals surface area (Å²) in [6.45, 7) is 0. The van der Waals surface area contributed by atoms with Crippen molar-refractivity contribution in [2.45, 2.75) is 0 Å². The number of hydrogen-bond acceptors (Lipinski definition) is 2. The summed E-state index contributed by atoms with van der Waals surface area (Å²) in [6.07, 6.45) is 8.65. The Balaban J connectivity index is 1.83. The van der Waals surface area contributed by atoms with Crippen molar-refractivity contribution in [1.82, 2.24) is 0 Å². The Morgan fingerprint density at radius 1 is 0.591 bits per heavy atom. The summed E-state index contributed by atoms with van der Waals surface area (Å²) in [5, 5.41) is 0. The van der Waals surface area contributed by atoms with E-state index < -0.39 is 0 Å². The molecular formula is C18H12Br2S2. The summed E-state index contributed by atoms with van der Waals surface area (Å²) in [5.41, 5.74) is 2.44. The normalized spacial score (nSPS) is 11.7. The van der Waals surface area contributed by atoms with Crippen LogP contribution in [0.4, 0.5) is 0 Å². The van der Waals surface area contributed by atoms with E-state index in [1.165, 1.54) is 20.9 Å². The lowest BCUT2D eigenvalue weighted by Gasteiger charge is -2.00. The lowest BCUT2D eigenvalue weighted by molar-refractivity contribution is 1.62. The first kappa shape index (κ1) is 15.9. The van der Waals surface area contributed by atoms with Crippen molar-refractivity contribution < 1.29 is 0 Å². The van der Waals surface area contributed by atoms with Gasteiger partial charge in [0.2, 0.25) is 0 Å². The molecule has 0 saturated heterocycles. The van der Waals surface area contributed by atoms with Crippen LogP contribution in [0.1, 0.15) is 20.9 Å². The molecule has 110 valence electrons. The highest BCUT2D eigenvalue weighted by atomic mass is 79.9. The Hall–Kier alpha value is -0.940. The second-order valence-electron chi connectivity index (χ2n) is 4.58. The maximum Gasteiger partial charge on any atom is 0.0704 e. The van der Waals surface area contributed by atoms with Gasteiger partial charge in [0.25, 0.3) is 0 Å². The van der Waals surface area contributed by atoms with Crippen molar-refractivity contribution >= 4 is 78.8 Å². The minimum atomic E-state index is 1.16. The van der Waals surface area contributed by atoms with Crippen LogP contribution in [-0.4, -0.2) is 0 Å². The fourth-order valence-corrected chi connectivity index (χ4v) is 4.65. The lowest BCUT2D eigenvalue weighted by Crippen LogP contribution is -1.78. The van der Waals surface area contributed by atoms with E-state index in [1.807, 2.05) is 0 Å². The molecule has 0 bridgehead atoms. The van der Waals surface area contributed by atoms with E-state index in [-0.39, 0.29) is 0 Å². The molecule has 0 atom stereocenters. The van der Waals surface area contributed by atoms with Crippen LogP contribution in [0.2, 0.25) is 0 Å². The van der Waals surface area contributed by atoms with Gasteiger partial charge < -0.3 is 0 Å². The van der Waals surface area contributed by atoms with Gasteiger partial charge in [0, 0.05) is 9.75 Å². The Morgan fingerprint density at radius 2 is 1.05 bits per heavy atom. The highest BCUT2D eigenvalue weighted by Crippen LogP contribution is 2.26. The van der Waals surface area contributed by atoms with Crippen LogP contribution in [0.25, 0.3) is 24.3 Å². The number of halogens is 2. The molecule has 0 saturated carbocycles. The molecule has 3 rings (SSSR count). The van der Waals surface area contributed by atoms with Crippen molar-refractivity contribution in [2.24, 2.45) is 0 Å². The summed E-state index contributed by atoms with van der Waals surface area (Å²) in [7, 11) is 0. The molecule has 0 nitrogen and oxygen atoms in total. The molecule has 0 fully saturated rings. The van der Waals surface area contributed by atoms with Crippen LogP contribution in [-0.2, 0) is 0 Å². The van der Waals surface area contributed by atoms with Gasteiger partial charge in [-0.2, -0.15) is 0 Å². The van der Waals surface area contributed by atoms with Gasteiger partial charge in [0.1, 0.15) is 0 Å². The Bertz CT molecular complexity index is 756. The topological polar surface area (TPSA) is 0 Å². The van der Waals surface area contributed by atoms with Crippen molar-refractivity contribution in [3.8, 4) is 0 Å². The molecule has 22 heavy (non-hydrogen) atoms. The first-order valence-corrected chi connectivity index (χ1v) is 9.88. The van der Waals surface area contributed by atoms with E-state index >= 15 is 0 Å². The molecule has 4 heteroatoms. The molecule has 3 aromatic rings. The molecule has 0 N–H and O–H groups in total. The number of benzene rings is 1. The first-order valence-electron chi connectivity index (χ1n) is 6.66. The largest absolute Gasteiger partial charge is 0.129 e. The fourth-order valence-electron chi connectivity index (χ4n) is 1.99. The molecule has 0 aliphatic heterocycles. The number of rotatable bonds is 4. The van der Waals surface area contributed by atoms with Gasteiger partial charge in [-0.15, -0.1) is 22.7 Å². The van der Waals surface area contributed by atoms with E-state index in [1.54, 1.807) is 22.7 Å². The van der Waals surface area contributed by atoms with E-state index in [0.717, 1.165) is 7.57 Å². The van der Waals surface area contributed by atoms with Crippen LogP contribution >= 0.6 is 54.5 Å². The fraction of sp³-hybridized carbons (Fsp3) is 0. The van der Waals surface area contributed by atoms with Gasteiger partial charge in [0.15, 0.2) is 0 Å². The maximum atomic E-state index is 3.50. The molecule has 0 aliphatic rings. The zero-order valence-corrected chi connectivity index (χ0v) is 16.3. The first-order chi connectivity index (χ1) is 10.7. The Labute approximate surface area is 155 Å². The minimum Gasteiger partial charge on any atom is -0.129 e. The molecule has 0 aliphatic carbocycles. The second-order valence-corrected chi connectivity index (χ2v) is 9.57. The van der Waals surface area contributed by atoms with Crippen molar-refractivity contribution in [3.63, 3.8) is 0 Å². The third-order valence-corrected chi connectivity index (χ3v) is 6.22. The van der Waals surface area contributed by atoms with Gasteiger partial charge in [-0.3, -0.25) is 0 Å². The predicted octanol–water partition coefficient (Wildman–Crippen LogP) is 7.68. The summed E-state index contributed by atoms with van der Waals surface area (Å²) in [5.74, 6) is 0. The minimum absolute atomic E-state index is 1.16. The quantitative estimate of drug-likeness (QED) is 0.381. The number of hydrogen-bond donors (Lipinski definition) is 0. The van der Waals surface area contributed by atoms with Gasteiger partial charge in [-0.1, -0.05) is 36.4 Å². The van der Waals surface area contributed by atoms with Crippen LogP contribution in [0.3, 0.4) is 0 Å². The smallest absolute Gasteiger partial charge is 0.0704 e. The van der Waals surface area contributed by atoms with Crippen LogP contribution < -0.4 is 0 Å². The maximum absolute atomic E-state index is 3.50. The standard InChI is InChI=1S/C18H12Br2S2/c19-17-11-9-15(21-17)7-5-13-3-1-2-4-14(13)6-8-16-10-12-18(20)22-16/h1-12H/b7-5+,8-6+. The van der Waals surface area contributed by atoms with Crippen LogP contribution in [0.15, 0.2) is 56.1 Å². The molecule has 2 aromatic heterocycles. The highest BCUT2D eigenvalue weighted by Gasteiger charge is 1.98. The summed E-state index contributed by atoms with van der Waals surface area (Å²) < 4.78 is 2.31. The molecule has 0 amide bonds.